The molecule has 32 heavy (non-hydrogen) atoms. The van der Waals surface area contributed by atoms with Crippen molar-refractivity contribution in [3.05, 3.63) is 54.0 Å². The van der Waals surface area contributed by atoms with Crippen molar-refractivity contribution in [1.29, 1.82) is 0 Å². The zero-order valence-corrected chi connectivity index (χ0v) is 19.5. The first-order valence-corrected chi connectivity index (χ1v) is 11.1. The Morgan fingerprint density at radius 1 is 1.12 bits per heavy atom. The number of hydrogen-bond acceptors (Lipinski definition) is 5. The Balaban J connectivity index is 1.71. The molecular formula is C25H34N2O5. The Labute approximate surface area is 190 Å². The minimum atomic E-state index is -0.501. The minimum absolute atomic E-state index is 0.00587. The lowest BCUT2D eigenvalue weighted by Crippen LogP contribution is -2.52. The van der Waals surface area contributed by atoms with Gasteiger partial charge in [0.15, 0.2) is 0 Å². The maximum atomic E-state index is 13.4. The summed E-state index contributed by atoms with van der Waals surface area (Å²) in [6.07, 6.45) is 3.78. The Morgan fingerprint density at radius 2 is 1.88 bits per heavy atom. The van der Waals surface area contributed by atoms with Crippen molar-refractivity contribution in [2.24, 2.45) is 0 Å². The van der Waals surface area contributed by atoms with Gasteiger partial charge in [-0.15, -0.1) is 0 Å². The van der Waals surface area contributed by atoms with Crippen LogP contribution in [0.15, 0.2) is 47.1 Å². The van der Waals surface area contributed by atoms with Crippen molar-refractivity contribution in [2.45, 2.75) is 58.2 Å². The van der Waals surface area contributed by atoms with Gasteiger partial charge in [-0.05, 0) is 63.4 Å². The molecule has 0 saturated carbocycles. The van der Waals surface area contributed by atoms with E-state index in [1.807, 2.05) is 57.2 Å². The van der Waals surface area contributed by atoms with E-state index in [4.69, 9.17) is 13.9 Å². The van der Waals surface area contributed by atoms with Gasteiger partial charge in [0.05, 0.1) is 32.4 Å². The zero-order valence-electron chi connectivity index (χ0n) is 19.5. The summed E-state index contributed by atoms with van der Waals surface area (Å²) in [4.78, 5) is 30.0. The van der Waals surface area contributed by atoms with E-state index in [-0.39, 0.29) is 30.9 Å². The summed E-state index contributed by atoms with van der Waals surface area (Å²) in [6, 6.07) is 11.1. The second-order valence-corrected chi connectivity index (χ2v) is 9.16. The second kappa shape index (κ2) is 10.7. The number of carbonyl (C=O) groups excluding carboxylic acids is 2. The summed E-state index contributed by atoms with van der Waals surface area (Å²) in [5.74, 6) is 1.25. The molecule has 1 unspecified atom stereocenters. The van der Waals surface area contributed by atoms with Gasteiger partial charge in [0.25, 0.3) is 0 Å². The fourth-order valence-electron chi connectivity index (χ4n) is 3.83. The number of furan rings is 1. The van der Waals surface area contributed by atoms with Crippen molar-refractivity contribution in [3.8, 4) is 5.75 Å². The molecule has 1 fully saturated rings. The topological polar surface area (TPSA) is 72.2 Å². The lowest BCUT2D eigenvalue weighted by Gasteiger charge is -2.37. The van der Waals surface area contributed by atoms with E-state index in [1.165, 1.54) is 0 Å². The van der Waals surface area contributed by atoms with E-state index in [0.29, 0.717) is 18.8 Å². The summed E-state index contributed by atoms with van der Waals surface area (Å²) in [5.41, 5.74) is 0.378. The van der Waals surface area contributed by atoms with E-state index in [2.05, 4.69) is 0 Å². The Morgan fingerprint density at radius 3 is 2.44 bits per heavy atom. The third-order valence-corrected chi connectivity index (χ3v) is 5.65. The molecule has 1 aromatic heterocycles. The van der Waals surface area contributed by atoms with E-state index in [9.17, 15) is 9.59 Å². The van der Waals surface area contributed by atoms with Crippen LogP contribution in [0.25, 0.3) is 0 Å². The highest BCUT2D eigenvalue weighted by atomic mass is 16.5. The molecule has 1 aliphatic heterocycles. The molecule has 0 N–H and O–H groups in total. The summed E-state index contributed by atoms with van der Waals surface area (Å²) in [6.45, 7) is 7.42. The fraction of sp³-hybridized carbons (Fsp3) is 0.520. The van der Waals surface area contributed by atoms with Crippen LogP contribution in [0.1, 0.15) is 44.9 Å². The van der Waals surface area contributed by atoms with E-state index in [0.717, 1.165) is 30.8 Å². The van der Waals surface area contributed by atoms with Gasteiger partial charge in [0, 0.05) is 18.7 Å². The Hall–Kier alpha value is -2.80. The molecule has 2 heterocycles. The first-order chi connectivity index (χ1) is 15.3. The maximum absolute atomic E-state index is 13.4. The third-order valence-electron chi connectivity index (χ3n) is 5.65. The van der Waals surface area contributed by atoms with Gasteiger partial charge in [-0.1, -0.05) is 12.1 Å². The molecule has 0 radical (unpaired) electrons. The number of carbonyl (C=O) groups is 2. The molecule has 2 aromatic rings. The van der Waals surface area contributed by atoms with Crippen LogP contribution < -0.4 is 4.74 Å². The number of hydrogen-bond donors (Lipinski definition) is 0. The number of rotatable bonds is 9. The molecule has 0 bridgehead atoms. The van der Waals surface area contributed by atoms with Crippen molar-refractivity contribution < 1.29 is 23.5 Å². The van der Waals surface area contributed by atoms with Crippen LogP contribution in [-0.2, 0) is 27.3 Å². The van der Waals surface area contributed by atoms with Crippen LogP contribution in [0, 0.1) is 0 Å². The van der Waals surface area contributed by atoms with Crippen LogP contribution in [0.4, 0.5) is 0 Å². The highest BCUT2D eigenvalue weighted by Gasteiger charge is 2.31. The number of amides is 2. The fourth-order valence-corrected chi connectivity index (χ4v) is 3.83. The molecule has 3 rings (SSSR count). The molecule has 7 heteroatoms. The van der Waals surface area contributed by atoms with Crippen molar-refractivity contribution >= 4 is 11.8 Å². The summed E-state index contributed by atoms with van der Waals surface area (Å²) >= 11 is 0. The molecule has 1 saturated heterocycles. The van der Waals surface area contributed by atoms with E-state index >= 15 is 0 Å². The minimum Gasteiger partial charge on any atom is -0.497 e. The smallest absolute Gasteiger partial charge is 0.242 e. The van der Waals surface area contributed by atoms with Gasteiger partial charge >= 0.3 is 0 Å². The molecule has 1 atom stereocenters. The van der Waals surface area contributed by atoms with Gasteiger partial charge in [-0.25, -0.2) is 0 Å². The van der Waals surface area contributed by atoms with Crippen LogP contribution >= 0.6 is 0 Å². The first kappa shape index (κ1) is 23.9. The van der Waals surface area contributed by atoms with Crippen LogP contribution in [0.3, 0.4) is 0 Å². The average Bonchev–Trinajstić information content (AvgIpc) is 3.45. The molecular weight excluding hydrogens is 408 g/mol. The summed E-state index contributed by atoms with van der Waals surface area (Å²) < 4.78 is 16.4. The third kappa shape index (κ3) is 6.60. The predicted octanol–water partition coefficient (Wildman–Crippen LogP) is 3.67. The largest absolute Gasteiger partial charge is 0.497 e. The first-order valence-electron chi connectivity index (χ1n) is 11.1. The summed E-state index contributed by atoms with van der Waals surface area (Å²) in [5, 5.41) is 0. The second-order valence-electron chi connectivity index (χ2n) is 9.16. The lowest BCUT2D eigenvalue weighted by molar-refractivity contribution is -0.145. The highest BCUT2D eigenvalue weighted by Crippen LogP contribution is 2.20. The molecule has 0 aliphatic carbocycles. The molecule has 2 amide bonds. The van der Waals surface area contributed by atoms with Gasteiger partial charge in [0.1, 0.15) is 18.1 Å². The van der Waals surface area contributed by atoms with E-state index in [1.54, 1.807) is 23.2 Å². The van der Waals surface area contributed by atoms with Crippen molar-refractivity contribution in [1.82, 2.24) is 9.80 Å². The number of ether oxygens (including phenoxy) is 2. The van der Waals surface area contributed by atoms with Crippen LogP contribution in [0.2, 0.25) is 0 Å². The normalized spacial score (nSPS) is 16.1. The monoisotopic (exact) mass is 442 g/mol. The zero-order chi connectivity index (χ0) is 23.1. The van der Waals surface area contributed by atoms with Crippen molar-refractivity contribution in [2.75, 3.05) is 26.8 Å². The Kier molecular flexibility index (Phi) is 7.96. The number of nitrogens with zero attached hydrogens (tertiary/aromatic N) is 2. The molecule has 0 spiro atoms. The quantitative estimate of drug-likeness (QED) is 0.593. The lowest BCUT2D eigenvalue weighted by atomic mass is 10.0. The average molecular weight is 443 g/mol. The molecule has 1 aromatic carbocycles. The van der Waals surface area contributed by atoms with Crippen molar-refractivity contribution in [3.63, 3.8) is 0 Å². The summed E-state index contributed by atoms with van der Waals surface area (Å²) in [7, 11) is 1.61. The van der Waals surface area contributed by atoms with Gasteiger partial charge < -0.3 is 23.7 Å². The van der Waals surface area contributed by atoms with Gasteiger partial charge in [-0.3, -0.25) is 9.59 Å². The number of methoxy groups -OCH3 is 1. The standard InChI is InChI=1S/C25H34N2O5/c1-25(2,3)27(23(28)15-19-9-11-20(30-4)12-10-19)18-24(29)26(16-21-7-5-13-31-21)17-22-8-6-14-32-22/h5,7,9-13,22H,6,8,14-18H2,1-4H3. The molecule has 174 valence electrons. The molecule has 7 nitrogen and oxygen atoms in total. The van der Waals surface area contributed by atoms with Crippen LogP contribution in [-0.4, -0.2) is 60.1 Å². The maximum Gasteiger partial charge on any atom is 0.242 e. The van der Waals surface area contributed by atoms with Gasteiger partial charge in [0.2, 0.25) is 11.8 Å². The number of benzene rings is 1. The van der Waals surface area contributed by atoms with E-state index < -0.39 is 5.54 Å². The molecule has 1 aliphatic rings. The SMILES string of the molecule is COc1ccc(CC(=O)N(CC(=O)N(Cc2ccco2)CC2CCCO2)C(C)(C)C)cc1. The Bertz CT molecular complexity index is 865. The van der Waals surface area contributed by atoms with Gasteiger partial charge in [-0.2, -0.15) is 0 Å². The predicted molar refractivity (Wildman–Crippen MR) is 121 cm³/mol. The van der Waals surface area contributed by atoms with Crippen LogP contribution in [0.5, 0.6) is 5.75 Å². The highest BCUT2D eigenvalue weighted by molar-refractivity contribution is 5.86.